The average molecular weight is 292 g/mol. The van der Waals surface area contributed by atoms with Crippen molar-refractivity contribution >= 4 is 23.4 Å². The second kappa shape index (κ2) is 5.51. The fourth-order valence-corrected chi connectivity index (χ4v) is 3.22. The van der Waals surface area contributed by atoms with Crippen molar-refractivity contribution in [3.8, 4) is 6.07 Å². The van der Waals surface area contributed by atoms with Gasteiger partial charge < -0.3 is 5.11 Å². The summed E-state index contributed by atoms with van der Waals surface area (Å²) in [6, 6.07) is 6.11. The molecule has 0 aliphatic heterocycles. The highest BCUT2D eigenvalue weighted by Gasteiger charge is 2.44. The minimum atomic E-state index is -0.813. The van der Waals surface area contributed by atoms with Gasteiger partial charge in [0, 0.05) is 22.8 Å². The molecule has 1 aromatic rings. The van der Waals surface area contributed by atoms with Gasteiger partial charge in [-0.2, -0.15) is 5.26 Å². The molecular weight excluding hydrogens is 280 g/mol. The van der Waals surface area contributed by atoms with Crippen molar-refractivity contribution in [1.29, 1.82) is 5.26 Å². The van der Waals surface area contributed by atoms with Crippen LogP contribution in [0.4, 0.5) is 5.69 Å². The zero-order chi connectivity index (χ0) is 14.8. The van der Waals surface area contributed by atoms with Crippen LogP contribution in [0.25, 0.3) is 0 Å². The van der Waals surface area contributed by atoms with Crippen LogP contribution in [-0.4, -0.2) is 21.8 Å². The minimum Gasteiger partial charge on any atom is -0.481 e. The fraction of sp³-hybridized carbons (Fsp3) is 0.385. The molecule has 7 heteroatoms. The van der Waals surface area contributed by atoms with E-state index in [1.807, 2.05) is 6.07 Å². The van der Waals surface area contributed by atoms with Crippen LogP contribution in [0.2, 0.25) is 0 Å². The number of thioether (sulfide) groups is 1. The van der Waals surface area contributed by atoms with Gasteiger partial charge in [0.25, 0.3) is 5.69 Å². The summed E-state index contributed by atoms with van der Waals surface area (Å²) in [6.07, 6.45) is 1.89. The molecule has 1 fully saturated rings. The number of carboxylic acid groups (broad SMARTS) is 1. The van der Waals surface area contributed by atoms with Crippen LogP contribution in [-0.2, 0) is 4.79 Å². The summed E-state index contributed by atoms with van der Waals surface area (Å²) in [5.41, 5.74) is -0.0294. The fourth-order valence-electron chi connectivity index (χ4n) is 1.95. The largest absolute Gasteiger partial charge is 0.481 e. The monoisotopic (exact) mass is 292 g/mol. The summed E-state index contributed by atoms with van der Waals surface area (Å²) in [5.74, 6) is -0.196. The number of hydrogen-bond donors (Lipinski definition) is 1. The number of rotatable bonds is 6. The third kappa shape index (κ3) is 3.27. The van der Waals surface area contributed by atoms with Crippen molar-refractivity contribution in [2.24, 2.45) is 5.41 Å². The molecule has 1 N–H and O–H groups in total. The van der Waals surface area contributed by atoms with Gasteiger partial charge in [0.1, 0.15) is 6.07 Å². The Balaban J connectivity index is 2.09. The Kier molecular flexibility index (Phi) is 3.95. The van der Waals surface area contributed by atoms with Gasteiger partial charge in [0.05, 0.1) is 16.9 Å². The van der Waals surface area contributed by atoms with E-state index in [-0.39, 0.29) is 23.1 Å². The lowest BCUT2D eigenvalue weighted by Crippen LogP contribution is -2.11. The van der Waals surface area contributed by atoms with Crippen LogP contribution in [0, 0.1) is 26.9 Å². The number of hydrogen-bond acceptors (Lipinski definition) is 5. The van der Waals surface area contributed by atoms with Gasteiger partial charge in [0.15, 0.2) is 0 Å². The molecule has 0 bridgehead atoms. The Morgan fingerprint density at radius 3 is 2.75 bits per heavy atom. The third-order valence-electron chi connectivity index (χ3n) is 3.31. The lowest BCUT2D eigenvalue weighted by molar-refractivity contribution is -0.384. The van der Waals surface area contributed by atoms with Crippen molar-refractivity contribution < 1.29 is 14.8 Å². The third-order valence-corrected chi connectivity index (χ3v) is 4.74. The van der Waals surface area contributed by atoms with Gasteiger partial charge in [-0.1, -0.05) is 0 Å². The summed E-state index contributed by atoms with van der Waals surface area (Å²) in [6.45, 7) is 0. The van der Waals surface area contributed by atoms with Crippen molar-refractivity contribution in [3.05, 3.63) is 33.9 Å². The molecule has 1 aromatic carbocycles. The van der Waals surface area contributed by atoms with Crippen LogP contribution in [0.15, 0.2) is 23.1 Å². The first-order valence-electron chi connectivity index (χ1n) is 5.99. The molecule has 0 aromatic heterocycles. The number of nitro groups is 1. The predicted octanol–water partition coefficient (Wildman–Crippen LogP) is 2.81. The van der Waals surface area contributed by atoms with Gasteiger partial charge in [0.2, 0.25) is 0 Å². The Bertz CT molecular complexity index is 605. The first-order chi connectivity index (χ1) is 9.46. The molecule has 0 amide bonds. The van der Waals surface area contributed by atoms with E-state index in [9.17, 15) is 14.9 Å². The summed E-state index contributed by atoms with van der Waals surface area (Å²) in [5, 5.41) is 28.5. The molecule has 0 atom stereocenters. The zero-order valence-electron chi connectivity index (χ0n) is 10.5. The number of non-ortho nitro benzene ring substituents is 1. The topological polar surface area (TPSA) is 104 Å². The molecule has 0 heterocycles. The van der Waals surface area contributed by atoms with Gasteiger partial charge >= 0.3 is 5.97 Å². The highest BCUT2D eigenvalue weighted by molar-refractivity contribution is 7.99. The highest BCUT2D eigenvalue weighted by Crippen LogP contribution is 2.52. The SMILES string of the molecule is N#Cc1cc([N+](=O)[O-])ccc1SCC1(CC(=O)O)CC1. The second-order valence-electron chi connectivity index (χ2n) is 4.91. The smallest absolute Gasteiger partial charge is 0.303 e. The quantitative estimate of drug-likeness (QED) is 0.491. The standard InChI is InChI=1S/C13H12N2O4S/c14-7-9-5-10(15(18)19)1-2-11(9)20-8-13(3-4-13)6-12(16)17/h1-2,5H,3-4,6,8H2,(H,16,17). The minimum absolute atomic E-state index is 0.113. The molecule has 1 aliphatic rings. The molecule has 104 valence electrons. The summed E-state index contributed by atoms with van der Waals surface area (Å²) < 4.78 is 0. The molecule has 0 unspecified atom stereocenters. The molecule has 2 rings (SSSR count). The number of carbonyl (C=O) groups is 1. The van der Waals surface area contributed by atoms with Gasteiger partial charge in [-0.15, -0.1) is 11.8 Å². The van der Waals surface area contributed by atoms with Crippen LogP contribution in [0.3, 0.4) is 0 Å². The average Bonchev–Trinajstić information content (AvgIpc) is 3.15. The molecule has 1 saturated carbocycles. The molecule has 0 spiro atoms. The lowest BCUT2D eigenvalue weighted by Gasteiger charge is -2.12. The lowest BCUT2D eigenvalue weighted by atomic mass is 10.1. The molecule has 0 saturated heterocycles. The second-order valence-corrected chi connectivity index (χ2v) is 5.93. The molecule has 1 aliphatic carbocycles. The number of benzene rings is 1. The van der Waals surface area contributed by atoms with Gasteiger partial charge in [-0.05, 0) is 24.3 Å². The number of nitrogens with zero attached hydrogens (tertiary/aromatic N) is 2. The van der Waals surface area contributed by atoms with Gasteiger partial charge in [-0.3, -0.25) is 14.9 Å². The molecular formula is C13H12N2O4S. The van der Waals surface area contributed by atoms with Crippen LogP contribution in [0.1, 0.15) is 24.8 Å². The van der Waals surface area contributed by atoms with Gasteiger partial charge in [-0.25, -0.2) is 0 Å². The number of nitriles is 1. The zero-order valence-corrected chi connectivity index (χ0v) is 11.4. The summed E-state index contributed by atoms with van der Waals surface area (Å²) >= 11 is 1.40. The maximum Gasteiger partial charge on any atom is 0.303 e. The first kappa shape index (κ1) is 14.3. The molecule has 6 nitrogen and oxygen atoms in total. The van der Waals surface area contributed by atoms with Crippen LogP contribution < -0.4 is 0 Å². The van der Waals surface area contributed by atoms with Crippen LogP contribution in [0.5, 0.6) is 0 Å². The highest BCUT2D eigenvalue weighted by atomic mass is 32.2. The maximum atomic E-state index is 10.8. The van der Waals surface area contributed by atoms with Crippen LogP contribution >= 0.6 is 11.8 Å². The normalized spacial score (nSPS) is 15.3. The van der Waals surface area contributed by atoms with E-state index in [0.29, 0.717) is 10.6 Å². The number of carboxylic acids is 1. The summed E-state index contributed by atoms with van der Waals surface area (Å²) in [7, 11) is 0. The van der Waals surface area contributed by atoms with E-state index in [2.05, 4.69) is 0 Å². The molecule has 20 heavy (non-hydrogen) atoms. The molecule has 0 radical (unpaired) electrons. The maximum absolute atomic E-state index is 10.8. The van der Waals surface area contributed by atoms with E-state index >= 15 is 0 Å². The Morgan fingerprint density at radius 2 is 2.25 bits per heavy atom. The summed E-state index contributed by atoms with van der Waals surface area (Å²) in [4.78, 5) is 21.5. The van der Waals surface area contributed by atoms with E-state index in [1.165, 1.54) is 23.9 Å². The van der Waals surface area contributed by atoms with Crippen molar-refractivity contribution in [3.63, 3.8) is 0 Å². The van der Waals surface area contributed by atoms with Crippen molar-refractivity contribution in [2.45, 2.75) is 24.2 Å². The Hall–Kier alpha value is -2.07. The van der Waals surface area contributed by atoms with Crippen molar-refractivity contribution in [2.75, 3.05) is 5.75 Å². The predicted molar refractivity (Wildman–Crippen MR) is 72.5 cm³/mol. The number of nitro benzene ring substituents is 1. The Morgan fingerprint density at radius 1 is 1.55 bits per heavy atom. The van der Waals surface area contributed by atoms with E-state index < -0.39 is 10.9 Å². The first-order valence-corrected chi connectivity index (χ1v) is 6.97. The number of aliphatic carboxylic acids is 1. The van der Waals surface area contributed by atoms with E-state index in [1.54, 1.807) is 6.07 Å². The van der Waals surface area contributed by atoms with E-state index in [0.717, 1.165) is 12.8 Å². The Labute approximate surface area is 119 Å². The van der Waals surface area contributed by atoms with E-state index in [4.69, 9.17) is 10.4 Å². The van der Waals surface area contributed by atoms with Crippen molar-refractivity contribution in [1.82, 2.24) is 0 Å².